The molecule has 2 aromatic rings. The Bertz CT molecular complexity index is 1020. The summed E-state index contributed by atoms with van der Waals surface area (Å²) < 4.78 is 0. The summed E-state index contributed by atoms with van der Waals surface area (Å²) in [5.41, 5.74) is 7.05. The SMILES string of the molecule is CC(C)N[C@H](CCCN1CCCCC1)C(=O)N1CC[C@H]1C(=O)CCc1ccc2c(N)nccc2c1. The van der Waals surface area contributed by atoms with Gasteiger partial charge in [0.1, 0.15) is 5.82 Å². The maximum atomic E-state index is 13.4. The second-order valence-corrected chi connectivity index (χ2v) is 10.5. The van der Waals surface area contributed by atoms with E-state index in [4.69, 9.17) is 5.73 Å². The fourth-order valence-corrected chi connectivity index (χ4v) is 5.41. The number of nitrogens with one attached hydrogen (secondary N) is 1. The Labute approximate surface area is 209 Å². The van der Waals surface area contributed by atoms with Gasteiger partial charge >= 0.3 is 0 Å². The molecule has 3 N–H and O–H groups in total. The first kappa shape index (κ1) is 25.6. The second-order valence-electron chi connectivity index (χ2n) is 10.5. The third-order valence-electron chi connectivity index (χ3n) is 7.44. The molecule has 2 aliphatic heterocycles. The van der Waals surface area contributed by atoms with E-state index in [1.165, 1.54) is 32.4 Å². The first-order valence-corrected chi connectivity index (χ1v) is 13.4. The fraction of sp³-hybridized carbons (Fsp3) is 0.607. The van der Waals surface area contributed by atoms with Gasteiger partial charge in [-0.2, -0.15) is 0 Å². The second kappa shape index (κ2) is 12.0. The lowest BCUT2D eigenvalue weighted by atomic mass is 9.92. The number of benzene rings is 1. The van der Waals surface area contributed by atoms with Crippen molar-refractivity contribution in [2.24, 2.45) is 0 Å². The molecule has 2 fully saturated rings. The number of hydrogen-bond donors (Lipinski definition) is 2. The number of carbonyl (C=O) groups excluding carboxylic acids is 2. The van der Waals surface area contributed by atoms with Crippen LogP contribution >= 0.6 is 0 Å². The van der Waals surface area contributed by atoms with Crippen molar-refractivity contribution in [1.82, 2.24) is 20.1 Å². The van der Waals surface area contributed by atoms with E-state index in [1.54, 1.807) is 6.20 Å². The van der Waals surface area contributed by atoms with Crippen molar-refractivity contribution in [2.45, 2.75) is 83.3 Å². The number of ketones is 1. The molecule has 1 aromatic carbocycles. The molecule has 0 aliphatic carbocycles. The van der Waals surface area contributed by atoms with Crippen molar-refractivity contribution in [1.29, 1.82) is 0 Å². The monoisotopic (exact) mass is 479 g/mol. The molecule has 4 rings (SSSR count). The van der Waals surface area contributed by atoms with Crippen molar-refractivity contribution in [3.8, 4) is 0 Å². The zero-order valence-corrected chi connectivity index (χ0v) is 21.3. The third-order valence-corrected chi connectivity index (χ3v) is 7.44. The standard InChI is InChI=1S/C28H41N5O2/c1-20(2)31-24(7-6-17-32-15-4-3-5-16-32)28(35)33-18-13-25(33)26(34)11-9-21-8-10-23-22(19-21)12-14-30-27(23)29/h8,10,12,14,19-20,24-25,31H,3-7,9,11,13,15-18H2,1-2H3,(H2,29,30)/t24-,25+/m1/s1. The highest BCUT2D eigenvalue weighted by Gasteiger charge is 2.39. The van der Waals surface area contributed by atoms with Crippen molar-refractivity contribution < 1.29 is 9.59 Å². The first-order chi connectivity index (χ1) is 16.9. The Morgan fingerprint density at radius 1 is 1.14 bits per heavy atom. The highest BCUT2D eigenvalue weighted by molar-refractivity contribution is 5.93. The highest BCUT2D eigenvalue weighted by Crippen LogP contribution is 2.24. The number of rotatable bonds is 11. The van der Waals surface area contributed by atoms with Gasteiger partial charge in [0.2, 0.25) is 5.91 Å². The summed E-state index contributed by atoms with van der Waals surface area (Å²) in [6.07, 6.45) is 9.32. The minimum Gasteiger partial charge on any atom is -0.383 e. The summed E-state index contributed by atoms with van der Waals surface area (Å²) in [7, 11) is 0. The molecule has 0 saturated carbocycles. The maximum absolute atomic E-state index is 13.4. The molecule has 1 amide bonds. The number of carbonyl (C=O) groups is 2. The molecule has 0 unspecified atom stereocenters. The van der Waals surface area contributed by atoms with Gasteiger partial charge in [0, 0.05) is 30.6 Å². The third kappa shape index (κ3) is 6.58. The van der Waals surface area contributed by atoms with Crippen LogP contribution in [0.25, 0.3) is 10.8 Å². The van der Waals surface area contributed by atoms with Crippen LogP contribution in [0.4, 0.5) is 5.82 Å². The van der Waals surface area contributed by atoms with Crippen LogP contribution in [0.1, 0.15) is 64.4 Å². The molecule has 2 atom stereocenters. The van der Waals surface area contributed by atoms with Gasteiger partial charge in [-0.1, -0.05) is 38.5 Å². The number of aromatic nitrogens is 1. The lowest BCUT2D eigenvalue weighted by Gasteiger charge is -2.42. The minimum absolute atomic E-state index is 0.0932. The molecule has 0 spiro atoms. The Balaban J connectivity index is 1.30. The van der Waals surface area contributed by atoms with E-state index < -0.39 is 0 Å². The summed E-state index contributed by atoms with van der Waals surface area (Å²) in [6, 6.07) is 7.75. The number of hydrogen-bond acceptors (Lipinski definition) is 6. The number of piperidine rings is 1. The number of Topliss-reactive ketones (excluding diaryl/α,β-unsaturated/α-hetero) is 1. The van der Waals surface area contributed by atoms with Crippen LogP contribution in [0.15, 0.2) is 30.5 Å². The summed E-state index contributed by atoms with van der Waals surface area (Å²) in [4.78, 5) is 34.9. The van der Waals surface area contributed by atoms with Crippen LogP contribution in [0.2, 0.25) is 0 Å². The number of anilines is 1. The lowest BCUT2D eigenvalue weighted by molar-refractivity contribution is -0.148. The van der Waals surface area contributed by atoms with E-state index in [9.17, 15) is 9.59 Å². The van der Waals surface area contributed by atoms with Crippen LogP contribution in [0.5, 0.6) is 0 Å². The van der Waals surface area contributed by atoms with Gasteiger partial charge in [-0.3, -0.25) is 9.59 Å². The molecule has 190 valence electrons. The molecular formula is C28H41N5O2. The Hall–Kier alpha value is -2.51. The normalized spacial score (nSPS) is 19.6. The van der Waals surface area contributed by atoms with E-state index >= 15 is 0 Å². The van der Waals surface area contributed by atoms with Crippen LogP contribution < -0.4 is 11.1 Å². The lowest BCUT2D eigenvalue weighted by Crippen LogP contribution is -2.60. The van der Waals surface area contributed by atoms with E-state index in [0.29, 0.717) is 25.2 Å². The Morgan fingerprint density at radius 3 is 2.66 bits per heavy atom. The van der Waals surface area contributed by atoms with Crippen LogP contribution in [0.3, 0.4) is 0 Å². The van der Waals surface area contributed by atoms with Crippen molar-refractivity contribution >= 4 is 28.3 Å². The Morgan fingerprint density at radius 2 is 1.94 bits per heavy atom. The zero-order valence-electron chi connectivity index (χ0n) is 21.3. The van der Waals surface area contributed by atoms with Crippen LogP contribution in [-0.2, 0) is 16.0 Å². The predicted octanol–water partition coefficient (Wildman–Crippen LogP) is 3.55. The molecule has 35 heavy (non-hydrogen) atoms. The summed E-state index contributed by atoms with van der Waals surface area (Å²) in [6.45, 7) is 8.26. The summed E-state index contributed by atoms with van der Waals surface area (Å²) >= 11 is 0. The topological polar surface area (TPSA) is 91.6 Å². The Kier molecular flexibility index (Phi) is 8.74. The molecule has 0 bridgehead atoms. The largest absolute Gasteiger partial charge is 0.383 e. The minimum atomic E-state index is -0.277. The summed E-state index contributed by atoms with van der Waals surface area (Å²) in [5, 5.41) is 5.44. The molecule has 2 saturated heterocycles. The number of aryl methyl sites for hydroxylation is 1. The number of nitrogen functional groups attached to an aromatic ring is 1. The quantitative estimate of drug-likeness (QED) is 0.512. The highest BCUT2D eigenvalue weighted by atomic mass is 16.2. The van der Waals surface area contributed by atoms with Crippen LogP contribution in [0, 0.1) is 0 Å². The van der Waals surface area contributed by atoms with Crippen molar-refractivity contribution in [2.75, 3.05) is 31.9 Å². The average molecular weight is 480 g/mol. The molecule has 3 heterocycles. The molecular weight excluding hydrogens is 438 g/mol. The smallest absolute Gasteiger partial charge is 0.240 e. The van der Waals surface area contributed by atoms with E-state index in [0.717, 1.165) is 42.1 Å². The number of nitrogens with zero attached hydrogens (tertiary/aromatic N) is 3. The number of nitrogens with two attached hydrogens (primary N) is 1. The number of fused-ring (bicyclic) bond motifs is 1. The molecule has 7 heteroatoms. The van der Waals surface area contributed by atoms with Gasteiger partial charge < -0.3 is 20.9 Å². The van der Waals surface area contributed by atoms with Crippen LogP contribution in [-0.4, -0.2) is 70.8 Å². The van der Waals surface area contributed by atoms with E-state index in [1.807, 2.05) is 23.1 Å². The molecule has 7 nitrogen and oxygen atoms in total. The maximum Gasteiger partial charge on any atom is 0.240 e. The first-order valence-electron chi connectivity index (χ1n) is 13.4. The van der Waals surface area contributed by atoms with Gasteiger partial charge in [-0.05, 0) is 75.2 Å². The molecule has 2 aliphatic rings. The molecule has 1 aromatic heterocycles. The van der Waals surface area contributed by atoms with Gasteiger partial charge in [0.25, 0.3) is 0 Å². The zero-order chi connectivity index (χ0) is 24.8. The van der Waals surface area contributed by atoms with Gasteiger partial charge in [-0.25, -0.2) is 4.98 Å². The van der Waals surface area contributed by atoms with E-state index in [2.05, 4.69) is 35.1 Å². The molecule has 0 radical (unpaired) electrons. The van der Waals surface area contributed by atoms with Crippen molar-refractivity contribution in [3.05, 3.63) is 36.0 Å². The predicted molar refractivity (Wildman–Crippen MR) is 141 cm³/mol. The number of amides is 1. The van der Waals surface area contributed by atoms with E-state index in [-0.39, 0.29) is 29.8 Å². The number of likely N-dealkylation sites (tertiary alicyclic amines) is 2. The average Bonchev–Trinajstić information content (AvgIpc) is 2.82. The van der Waals surface area contributed by atoms with Crippen molar-refractivity contribution in [3.63, 3.8) is 0 Å². The summed E-state index contributed by atoms with van der Waals surface area (Å²) in [5.74, 6) is 0.778. The fourth-order valence-electron chi connectivity index (χ4n) is 5.41. The van der Waals surface area contributed by atoms with Gasteiger partial charge in [0.15, 0.2) is 5.78 Å². The van der Waals surface area contributed by atoms with Gasteiger partial charge in [0.05, 0.1) is 12.1 Å². The number of pyridine rings is 1. The van der Waals surface area contributed by atoms with Gasteiger partial charge in [-0.15, -0.1) is 0 Å².